The second kappa shape index (κ2) is 4.95. The molecule has 2 heterocycles. The van der Waals surface area contributed by atoms with E-state index in [1.807, 2.05) is 13.1 Å². The number of nitriles is 1. The van der Waals surface area contributed by atoms with Crippen LogP contribution in [0, 0.1) is 11.3 Å². The molecule has 1 unspecified atom stereocenters. The van der Waals surface area contributed by atoms with E-state index in [0.29, 0.717) is 11.6 Å². The van der Waals surface area contributed by atoms with E-state index in [2.05, 4.69) is 21.3 Å². The molecular weight excluding hydrogens is 200 g/mol. The molecule has 0 aromatic carbocycles. The molecule has 2 rings (SSSR count). The van der Waals surface area contributed by atoms with Crippen molar-refractivity contribution in [1.82, 2.24) is 10.3 Å². The van der Waals surface area contributed by atoms with Gasteiger partial charge in [-0.25, -0.2) is 4.98 Å². The van der Waals surface area contributed by atoms with Crippen molar-refractivity contribution in [3.05, 3.63) is 23.9 Å². The van der Waals surface area contributed by atoms with Gasteiger partial charge < -0.3 is 10.2 Å². The van der Waals surface area contributed by atoms with Crippen molar-refractivity contribution in [3.63, 3.8) is 0 Å². The second-order valence-electron chi connectivity index (χ2n) is 4.09. The van der Waals surface area contributed by atoms with Crippen LogP contribution < -0.4 is 10.2 Å². The smallest absolute Gasteiger partial charge is 0.129 e. The van der Waals surface area contributed by atoms with Gasteiger partial charge in [0.05, 0.1) is 11.6 Å². The summed E-state index contributed by atoms with van der Waals surface area (Å²) < 4.78 is 0. The predicted molar refractivity (Wildman–Crippen MR) is 63.2 cm³/mol. The second-order valence-corrected chi connectivity index (χ2v) is 4.09. The summed E-state index contributed by atoms with van der Waals surface area (Å²) in [7, 11) is 1.99. The third-order valence-corrected chi connectivity index (χ3v) is 3.03. The third-order valence-electron chi connectivity index (χ3n) is 3.03. The number of hydrogen-bond acceptors (Lipinski definition) is 4. The van der Waals surface area contributed by atoms with E-state index in [1.165, 1.54) is 12.8 Å². The molecule has 0 bridgehead atoms. The quantitative estimate of drug-likeness (QED) is 0.805. The van der Waals surface area contributed by atoms with Crippen LogP contribution in [0.15, 0.2) is 18.3 Å². The van der Waals surface area contributed by atoms with Crippen LogP contribution in [-0.4, -0.2) is 31.2 Å². The number of rotatable bonds is 2. The first-order valence-electron chi connectivity index (χ1n) is 5.62. The molecule has 4 nitrogen and oxygen atoms in total. The van der Waals surface area contributed by atoms with Crippen LogP contribution >= 0.6 is 0 Å². The zero-order chi connectivity index (χ0) is 11.4. The Morgan fingerprint density at radius 1 is 1.62 bits per heavy atom. The van der Waals surface area contributed by atoms with Gasteiger partial charge in [-0.3, -0.25) is 0 Å². The lowest BCUT2D eigenvalue weighted by atomic mass is 10.1. The van der Waals surface area contributed by atoms with Gasteiger partial charge in [-0.15, -0.1) is 0 Å². The van der Waals surface area contributed by atoms with Crippen molar-refractivity contribution in [2.45, 2.75) is 18.9 Å². The fraction of sp³-hybridized carbons (Fsp3) is 0.500. The van der Waals surface area contributed by atoms with Gasteiger partial charge in [-0.05, 0) is 32.0 Å². The standard InChI is InChI=1S/C12H16N4/c1-14-11-3-2-6-16(9-11)12-7-10(8-13)4-5-15-12/h4-5,7,11,14H,2-3,6,9H2,1H3. The maximum atomic E-state index is 8.85. The SMILES string of the molecule is CNC1CCCN(c2cc(C#N)ccn2)C1. The van der Waals surface area contributed by atoms with Gasteiger partial charge in [0.1, 0.15) is 5.82 Å². The summed E-state index contributed by atoms with van der Waals surface area (Å²) in [5, 5.41) is 12.1. The Labute approximate surface area is 95.9 Å². The van der Waals surface area contributed by atoms with Crippen molar-refractivity contribution in [2.24, 2.45) is 0 Å². The minimum atomic E-state index is 0.529. The molecule has 1 aliphatic rings. The minimum absolute atomic E-state index is 0.529. The molecule has 16 heavy (non-hydrogen) atoms. The first kappa shape index (κ1) is 10.9. The van der Waals surface area contributed by atoms with E-state index < -0.39 is 0 Å². The Balaban J connectivity index is 2.14. The maximum Gasteiger partial charge on any atom is 0.129 e. The molecule has 1 aromatic heterocycles. The van der Waals surface area contributed by atoms with Gasteiger partial charge in [0, 0.05) is 25.3 Å². The highest BCUT2D eigenvalue weighted by atomic mass is 15.2. The van der Waals surface area contributed by atoms with Gasteiger partial charge in [-0.1, -0.05) is 0 Å². The summed E-state index contributed by atoms with van der Waals surface area (Å²) in [5.74, 6) is 0.916. The number of anilines is 1. The number of hydrogen-bond donors (Lipinski definition) is 1. The Hall–Kier alpha value is -1.60. The van der Waals surface area contributed by atoms with E-state index in [9.17, 15) is 0 Å². The van der Waals surface area contributed by atoms with Crippen LogP contribution in [-0.2, 0) is 0 Å². The van der Waals surface area contributed by atoms with Crippen LogP contribution in [0.3, 0.4) is 0 Å². The average Bonchev–Trinajstić information content (AvgIpc) is 2.39. The fourth-order valence-electron chi connectivity index (χ4n) is 2.08. The van der Waals surface area contributed by atoms with Crippen LogP contribution in [0.5, 0.6) is 0 Å². The molecule has 4 heteroatoms. The number of likely N-dealkylation sites (N-methyl/N-ethyl adjacent to an activating group) is 1. The Morgan fingerprint density at radius 2 is 2.50 bits per heavy atom. The van der Waals surface area contributed by atoms with Gasteiger partial charge in [-0.2, -0.15) is 5.26 Å². The zero-order valence-electron chi connectivity index (χ0n) is 9.48. The van der Waals surface area contributed by atoms with Gasteiger partial charge in [0.15, 0.2) is 0 Å². The summed E-state index contributed by atoms with van der Waals surface area (Å²) in [5.41, 5.74) is 0.677. The highest BCUT2D eigenvalue weighted by Crippen LogP contribution is 2.18. The monoisotopic (exact) mass is 216 g/mol. The summed E-state index contributed by atoms with van der Waals surface area (Å²) in [4.78, 5) is 6.57. The molecule has 0 radical (unpaired) electrons. The average molecular weight is 216 g/mol. The highest BCUT2D eigenvalue weighted by molar-refractivity contribution is 5.45. The normalized spacial score (nSPS) is 20.5. The fourth-order valence-corrected chi connectivity index (χ4v) is 2.08. The largest absolute Gasteiger partial charge is 0.355 e. The molecule has 1 aromatic rings. The summed E-state index contributed by atoms with van der Waals surface area (Å²) >= 11 is 0. The van der Waals surface area contributed by atoms with Crippen LogP contribution in [0.1, 0.15) is 18.4 Å². The van der Waals surface area contributed by atoms with E-state index in [0.717, 1.165) is 18.9 Å². The van der Waals surface area contributed by atoms with Crippen LogP contribution in [0.25, 0.3) is 0 Å². The molecule has 1 atom stereocenters. The number of pyridine rings is 1. The summed E-state index contributed by atoms with van der Waals surface area (Å²) in [6.07, 6.45) is 4.09. The molecule has 0 saturated carbocycles. The molecule has 0 amide bonds. The van der Waals surface area contributed by atoms with E-state index in [1.54, 1.807) is 12.3 Å². The van der Waals surface area contributed by atoms with E-state index >= 15 is 0 Å². The maximum absolute atomic E-state index is 8.85. The van der Waals surface area contributed by atoms with Gasteiger partial charge in [0.2, 0.25) is 0 Å². The van der Waals surface area contributed by atoms with Crippen LogP contribution in [0.4, 0.5) is 5.82 Å². The van der Waals surface area contributed by atoms with Crippen molar-refractivity contribution >= 4 is 5.82 Å². The van der Waals surface area contributed by atoms with E-state index in [4.69, 9.17) is 5.26 Å². The molecular formula is C12H16N4. The van der Waals surface area contributed by atoms with Gasteiger partial charge >= 0.3 is 0 Å². The Bertz CT molecular complexity index is 396. The lowest BCUT2D eigenvalue weighted by Crippen LogP contribution is -2.44. The number of nitrogens with zero attached hydrogens (tertiary/aromatic N) is 3. The number of piperidine rings is 1. The first-order chi connectivity index (χ1) is 7.83. The highest BCUT2D eigenvalue weighted by Gasteiger charge is 2.19. The molecule has 0 aliphatic carbocycles. The topological polar surface area (TPSA) is 52.0 Å². The molecule has 1 fully saturated rings. The number of aromatic nitrogens is 1. The van der Waals surface area contributed by atoms with Crippen molar-refractivity contribution < 1.29 is 0 Å². The summed E-state index contributed by atoms with van der Waals surface area (Å²) in [6.45, 7) is 2.00. The minimum Gasteiger partial charge on any atom is -0.355 e. The third kappa shape index (κ3) is 2.31. The predicted octanol–water partition coefficient (Wildman–Crippen LogP) is 1.14. The molecule has 84 valence electrons. The molecule has 1 aliphatic heterocycles. The molecule has 0 spiro atoms. The molecule has 1 N–H and O–H groups in total. The Morgan fingerprint density at radius 3 is 3.25 bits per heavy atom. The number of nitrogens with one attached hydrogen (secondary N) is 1. The van der Waals surface area contributed by atoms with Crippen molar-refractivity contribution in [2.75, 3.05) is 25.0 Å². The zero-order valence-corrected chi connectivity index (χ0v) is 9.48. The van der Waals surface area contributed by atoms with Crippen LogP contribution in [0.2, 0.25) is 0 Å². The Kier molecular flexibility index (Phi) is 3.37. The lowest BCUT2D eigenvalue weighted by Gasteiger charge is -2.33. The van der Waals surface area contributed by atoms with Crippen molar-refractivity contribution in [3.8, 4) is 6.07 Å². The van der Waals surface area contributed by atoms with Crippen molar-refractivity contribution in [1.29, 1.82) is 5.26 Å². The van der Waals surface area contributed by atoms with E-state index in [-0.39, 0.29) is 0 Å². The molecule has 1 saturated heterocycles. The van der Waals surface area contributed by atoms with Gasteiger partial charge in [0.25, 0.3) is 0 Å². The lowest BCUT2D eigenvalue weighted by molar-refractivity contribution is 0.447. The first-order valence-corrected chi connectivity index (χ1v) is 5.62. The summed E-state index contributed by atoms with van der Waals surface area (Å²) in [6, 6.07) is 6.28.